The van der Waals surface area contributed by atoms with E-state index in [1.165, 1.54) is 11.5 Å². The standard InChI is InChI=1S/C14H20N4OS/c1-5-10-14(20-18-17-10)13(16-15)12-9(3)6-8(2)7-11(12)19-4/h6-7,13,16H,5,15H2,1-4H3. The van der Waals surface area contributed by atoms with E-state index in [1.54, 1.807) is 7.11 Å². The lowest BCUT2D eigenvalue weighted by Crippen LogP contribution is -2.30. The van der Waals surface area contributed by atoms with Gasteiger partial charge in [-0.25, -0.2) is 5.43 Å². The largest absolute Gasteiger partial charge is 0.496 e. The monoisotopic (exact) mass is 292 g/mol. The Kier molecular flexibility index (Phi) is 4.69. The van der Waals surface area contributed by atoms with Gasteiger partial charge in [-0.15, -0.1) is 5.10 Å². The molecule has 0 amide bonds. The van der Waals surface area contributed by atoms with Crippen LogP contribution in [0.4, 0.5) is 0 Å². The molecule has 108 valence electrons. The number of hydrogen-bond acceptors (Lipinski definition) is 6. The Hall–Kier alpha value is -1.50. The van der Waals surface area contributed by atoms with Crippen molar-refractivity contribution in [2.45, 2.75) is 33.2 Å². The molecule has 20 heavy (non-hydrogen) atoms. The van der Waals surface area contributed by atoms with E-state index in [2.05, 4.69) is 41.9 Å². The molecule has 3 N–H and O–H groups in total. The average molecular weight is 292 g/mol. The summed E-state index contributed by atoms with van der Waals surface area (Å²) >= 11 is 1.37. The lowest BCUT2D eigenvalue weighted by atomic mass is 9.96. The third-order valence-electron chi connectivity index (χ3n) is 3.35. The summed E-state index contributed by atoms with van der Waals surface area (Å²) in [6.45, 7) is 6.18. The Labute approximate surface area is 123 Å². The van der Waals surface area contributed by atoms with Crippen LogP contribution in [0.3, 0.4) is 0 Å². The summed E-state index contributed by atoms with van der Waals surface area (Å²) in [5, 5.41) is 4.16. The van der Waals surface area contributed by atoms with Crippen LogP contribution in [0.25, 0.3) is 0 Å². The number of methoxy groups -OCH3 is 1. The van der Waals surface area contributed by atoms with E-state index in [0.717, 1.165) is 39.4 Å². The lowest BCUT2D eigenvalue weighted by Gasteiger charge is -2.21. The first-order valence-electron chi connectivity index (χ1n) is 6.54. The van der Waals surface area contributed by atoms with Crippen molar-refractivity contribution in [2.24, 2.45) is 5.84 Å². The molecule has 0 aliphatic heterocycles. The third kappa shape index (κ3) is 2.67. The van der Waals surface area contributed by atoms with Gasteiger partial charge in [-0.3, -0.25) is 5.84 Å². The molecule has 1 atom stereocenters. The minimum Gasteiger partial charge on any atom is -0.496 e. The predicted octanol–water partition coefficient (Wildman–Crippen LogP) is 2.28. The first-order chi connectivity index (χ1) is 9.62. The fourth-order valence-electron chi connectivity index (χ4n) is 2.45. The molecule has 0 fully saturated rings. The van der Waals surface area contributed by atoms with Crippen molar-refractivity contribution in [1.29, 1.82) is 0 Å². The number of hydrazine groups is 1. The molecule has 6 heteroatoms. The maximum Gasteiger partial charge on any atom is 0.124 e. The van der Waals surface area contributed by atoms with Crippen LogP contribution in [-0.4, -0.2) is 16.7 Å². The van der Waals surface area contributed by atoms with Gasteiger partial charge in [0.05, 0.1) is 23.7 Å². The Morgan fingerprint density at radius 3 is 2.75 bits per heavy atom. The van der Waals surface area contributed by atoms with E-state index in [0.29, 0.717) is 0 Å². The molecule has 1 unspecified atom stereocenters. The molecular formula is C14H20N4OS. The van der Waals surface area contributed by atoms with Gasteiger partial charge in [-0.1, -0.05) is 17.5 Å². The molecule has 0 spiro atoms. The summed E-state index contributed by atoms with van der Waals surface area (Å²) < 4.78 is 9.57. The molecule has 2 aromatic rings. The molecular weight excluding hydrogens is 272 g/mol. The molecule has 1 heterocycles. The number of nitrogens with zero attached hydrogens (tertiary/aromatic N) is 2. The number of rotatable bonds is 5. The zero-order valence-corrected chi connectivity index (χ0v) is 13.0. The van der Waals surface area contributed by atoms with Crippen molar-refractivity contribution in [2.75, 3.05) is 7.11 Å². The zero-order chi connectivity index (χ0) is 14.7. The Balaban J connectivity index is 2.58. The number of aryl methyl sites for hydroxylation is 3. The van der Waals surface area contributed by atoms with Crippen molar-refractivity contribution in [3.63, 3.8) is 0 Å². The molecule has 0 aliphatic carbocycles. The fraction of sp³-hybridized carbons (Fsp3) is 0.429. The number of aromatic nitrogens is 2. The molecule has 2 rings (SSSR count). The van der Waals surface area contributed by atoms with Gasteiger partial charge in [0, 0.05) is 5.56 Å². The summed E-state index contributed by atoms with van der Waals surface area (Å²) in [5.41, 5.74) is 7.20. The third-order valence-corrected chi connectivity index (χ3v) is 4.18. The van der Waals surface area contributed by atoms with Gasteiger partial charge in [0.1, 0.15) is 5.75 Å². The highest BCUT2D eigenvalue weighted by Crippen LogP contribution is 2.35. The summed E-state index contributed by atoms with van der Waals surface area (Å²) in [5.74, 6) is 6.63. The Morgan fingerprint density at radius 2 is 2.15 bits per heavy atom. The minimum absolute atomic E-state index is 0.152. The number of hydrogen-bond donors (Lipinski definition) is 2. The van der Waals surface area contributed by atoms with Gasteiger partial charge in [-0.2, -0.15) is 0 Å². The van der Waals surface area contributed by atoms with Gasteiger partial charge in [0.15, 0.2) is 0 Å². The van der Waals surface area contributed by atoms with E-state index in [1.807, 2.05) is 6.07 Å². The second kappa shape index (κ2) is 6.30. The molecule has 1 aromatic carbocycles. The quantitative estimate of drug-likeness (QED) is 0.653. The van der Waals surface area contributed by atoms with Crippen LogP contribution < -0.4 is 16.0 Å². The van der Waals surface area contributed by atoms with E-state index < -0.39 is 0 Å². The van der Waals surface area contributed by atoms with Crippen LogP contribution in [0.15, 0.2) is 12.1 Å². The second-order valence-corrected chi connectivity index (χ2v) is 5.52. The van der Waals surface area contributed by atoms with Crippen LogP contribution in [0.1, 0.15) is 40.2 Å². The summed E-state index contributed by atoms with van der Waals surface area (Å²) in [6, 6.07) is 4.00. The first kappa shape index (κ1) is 14.9. The van der Waals surface area contributed by atoms with Crippen LogP contribution in [-0.2, 0) is 6.42 Å². The van der Waals surface area contributed by atoms with Crippen molar-refractivity contribution < 1.29 is 4.74 Å². The molecule has 0 saturated heterocycles. The maximum atomic E-state index is 5.80. The van der Waals surface area contributed by atoms with Crippen molar-refractivity contribution in [3.8, 4) is 5.75 Å². The molecule has 0 aliphatic rings. The highest BCUT2D eigenvalue weighted by atomic mass is 32.1. The molecule has 0 radical (unpaired) electrons. The Morgan fingerprint density at radius 1 is 1.40 bits per heavy atom. The number of ether oxygens (including phenoxy) is 1. The van der Waals surface area contributed by atoms with E-state index in [4.69, 9.17) is 10.6 Å². The van der Waals surface area contributed by atoms with Gasteiger partial charge < -0.3 is 4.74 Å². The molecule has 0 saturated carbocycles. The van der Waals surface area contributed by atoms with Gasteiger partial charge in [-0.05, 0) is 49.0 Å². The van der Waals surface area contributed by atoms with Crippen LogP contribution >= 0.6 is 11.5 Å². The predicted molar refractivity (Wildman–Crippen MR) is 80.9 cm³/mol. The SMILES string of the molecule is CCc1nnsc1C(NN)c1c(C)cc(C)cc1OC. The average Bonchev–Trinajstić information content (AvgIpc) is 2.89. The lowest BCUT2D eigenvalue weighted by molar-refractivity contribution is 0.403. The van der Waals surface area contributed by atoms with Crippen molar-refractivity contribution >= 4 is 11.5 Å². The zero-order valence-electron chi connectivity index (χ0n) is 12.2. The number of nitrogens with two attached hydrogens (primary N) is 1. The topological polar surface area (TPSA) is 73.1 Å². The highest BCUT2D eigenvalue weighted by molar-refractivity contribution is 7.05. The van der Waals surface area contributed by atoms with Crippen molar-refractivity contribution in [1.82, 2.24) is 15.0 Å². The summed E-state index contributed by atoms with van der Waals surface area (Å²) in [7, 11) is 1.68. The van der Waals surface area contributed by atoms with Gasteiger partial charge >= 0.3 is 0 Å². The second-order valence-electron chi connectivity index (χ2n) is 4.73. The fourth-order valence-corrected chi connectivity index (χ4v) is 3.26. The normalized spacial score (nSPS) is 12.4. The Bertz CT molecular complexity index is 597. The smallest absolute Gasteiger partial charge is 0.124 e. The molecule has 1 aromatic heterocycles. The molecule has 0 bridgehead atoms. The van der Waals surface area contributed by atoms with Crippen LogP contribution in [0.2, 0.25) is 0 Å². The van der Waals surface area contributed by atoms with Gasteiger partial charge in [0.25, 0.3) is 0 Å². The van der Waals surface area contributed by atoms with Crippen molar-refractivity contribution in [3.05, 3.63) is 39.4 Å². The number of nitrogens with one attached hydrogen (secondary N) is 1. The van der Waals surface area contributed by atoms with E-state index >= 15 is 0 Å². The summed E-state index contributed by atoms with van der Waals surface area (Å²) in [6.07, 6.45) is 0.831. The summed E-state index contributed by atoms with van der Waals surface area (Å²) in [4.78, 5) is 1.04. The van der Waals surface area contributed by atoms with Crippen LogP contribution in [0.5, 0.6) is 5.75 Å². The van der Waals surface area contributed by atoms with Gasteiger partial charge in [0.2, 0.25) is 0 Å². The van der Waals surface area contributed by atoms with E-state index in [9.17, 15) is 0 Å². The number of benzene rings is 1. The minimum atomic E-state index is -0.152. The maximum absolute atomic E-state index is 5.80. The molecule has 5 nitrogen and oxygen atoms in total. The highest BCUT2D eigenvalue weighted by Gasteiger charge is 2.24. The first-order valence-corrected chi connectivity index (χ1v) is 7.32. The van der Waals surface area contributed by atoms with E-state index in [-0.39, 0.29) is 6.04 Å². The van der Waals surface area contributed by atoms with Crippen LogP contribution in [0, 0.1) is 13.8 Å².